The van der Waals surface area contributed by atoms with Crippen LogP contribution in [-0.4, -0.2) is 9.97 Å². The summed E-state index contributed by atoms with van der Waals surface area (Å²) >= 11 is 1.80. The molecule has 0 radical (unpaired) electrons. The van der Waals surface area contributed by atoms with E-state index in [-0.39, 0.29) is 0 Å². The first-order valence-electron chi connectivity index (χ1n) is 8.99. The highest BCUT2D eigenvalue weighted by molar-refractivity contribution is 7.19. The zero-order valence-electron chi connectivity index (χ0n) is 15.3. The van der Waals surface area contributed by atoms with E-state index in [9.17, 15) is 5.26 Å². The number of nitriles is 1. The number of hydrogen-bond acceptors (Lipinski definition) is 5. The lowest BCUT2D eigenvalue weighted by atomic mass is 9.72. The molecule has 2 heterocycles. The van der Waals surface area contributed by atoms with E-state index in [1.165, 1.54) is 16.9 Å². The van der Waals surface area contributed by atoms with Crippen LogP contribution < -0.4 is 5.32 Å². The monoisotopic (exact) mass is 362 g/mol. The quantitative estimate of drug-likeness (QED) is 0.658. The molecule has 5 heteroatoms. The van der Waals surface area contributed by atoms with Gasteiger partial charge in [0, 0.05) is 4.88 Å². The van der Waals surface area contributed by atoms with Gasteiger partial charge in [0.15, 0.2) is 0 Å². The number of nitrogens with zero attached hydrogens (tertiary/aromatic N) is 3. The summed E-state index contributed by atoms with van der Waals surface area (Å²) in [5.41, 5.74) is 3.13. The maximum Gasteiger partial charge on any atom is 0.142 e. The maximum absolute atomic E-state index is 9.35. The Morgan fingerprint density at radius 3 is 2.81 bits per heavy atom. The first-order valence-corrected chi connectivity index (χ1v) is 9.80. The van der Waals surface area contributed by atoms with Crippen molar-refractivity contribution >= 4 is 33.1 Å². The fourth-order valence-corrected chi connectivity index (χ4v) is 5.03. The van der Waals surface area contributed by atoms with Crippen molar-refractivity contribution in [1.29, 1.82) is 5.26 Å². The van der Waals surface area contributed by atoms with E-state index in [0.29, 0.717) is 16.9 Å². The largest absolute Gasteiger partial charge is 0.338 e. The van der Waals surface area contributed by atoms with Crippen molar-refractivity contribution in [3.63, 3.8) is 0 Å². The summed E-state index contributed by atoms with van der Waals surface area (Å²) in [5.74, 6) is 1.51. The average Bonchev–Trinajstić information content (AvgIpc) is 3.00. The SMILES string of the molecule is CC(C)(C)C1CCc2c(sc3ncnc(Nc4ccccc4C#N)c23)C1. The van der Waals surface area contributed by atoms with Gasteiger partial charge in [0.05, 0.1) is 16.6 Å². The lowest BCUT2D eigenvalue weighted by molar-refractivity contribution is 0.218. The first kappa shape index (κ1) is 17.0. The second kappa shape index (κ2) is 6.37. The van der Waals surface area contributed by atoms with Crippen LogP contribution in [-0.2, 0) is 12.8 Å². The van der Waals surface area contributed by atoms with Crippen molar-refractivity contribution in [2.75, 3.05) is 5.32 Å². The fraction of sp³-hybridized carbons (Fsp3) is 0.381. The molecular weight excluding hydrogens is 340 g/mol. The van der Waals surface area contributed by atoms with Crippen LogP contribution in [0, 0.1) is 22.7 Å². The van der Waals surface area contributed by atoms with Gasteiger partial charge < -0.3 is 5.32 Å². The van der Waals surface area contributed by atoms with Crippen molar-refractivity contribution in [3.8, 4) is 6.07 Å². The normalized spacial score (nSPS) is 16.9. The molecule has 2 aromatic heterocycles. The summed E-state index contributed by atoms with van der Waals surface area (Å²) in [6, 6.07) is 9.78. The molecular formula is C21H22N4S. The van der Waals surface area contributed by atoms with Crippen molar-refractivity contribution in [3.05, 3.63) is 46.6 Å². The number of fused-ring (bicyclic) bond motifs is 3. The molecule has 4 rings (SSSR count). The van der Waals surface area contributed by atoms with Gasteiger partial charge in [-0.2, -0.15) is 5.26 Å². The second-order valence-electron chi connectivity index (χ2n) is 7.99. The van der Waals surface area contributed by atoms with Gasteiger partial charge in [0.25, 0.3) is 0 Å². The van der Waals surface area contributed by atoms with Crippen LogP contribution in [0.15, 0.2) is 30.6 Å². The third-order valence-electron chi connectivity index (χ3n) is 5.37. The van der Waals surface area contributed by atoms with Gasteiger partial charge in [0.1, 0.15) is 23.0 Å². The third kappa shape index (κ3) is 2.95. The summed E-state index contributed by atoms with van der Waals surface area (Å²) in [7, 11) is 0. The highest BCUT2D eigenvalue weighted by atomic mass is 32.1. The molecule has 1 aliphatic carbocycles. The Morgan fingerprint density at radius 1 is 1.23 bits per heavy atom. The number of rotatable bonds is 2. The average molecular weight is 363 g/mol. The molecule has 0 saturated heterocycles. The molecule has 26 heavy (non-hydrogen) atoms. The van der Waals surface area contributed by atoms with Crippen LogP contribution in [0.4, 0.5) is 11.5 Å². The van der Waals surface area contributed by atoms with E-state index in [4.69, 9.17) is 0 Å². The van der Waals surface area contributed by atoms with Gasteiger partial charge in [-0.15, -0.1) is 11.3 Å². The van der Waals surface area contributed by atoms with Gasteiger partial charge in [-0.25, -0.2) is 9.97 Å². The standard InChI is InChI=1S/C21H22N4S/c1-21(2,3)14-8-9-15-17(10-14)26-20-18(15)19(23-12-24-20)25-16-7-5-4-6-13(16)11-22/h4-7,12,14H,8-10H2,1-3H3,(H,23,24,25). The van der Waals surface area contributed by atoms with Crippen LogP contribution in [0.25, 0.3) is 10.2 Å². The Morgan fingerprint density at radius 2 is 2.04 bits per heavy atom. The Labute approximate surface area is 157 Å². The zero-order valence-corrected chi connectivity index (χ0v) is 16.2. The van der Waals surface area contributed by atoms with E-state index in [0.717, 1.165) is 34.6 Å². The maximum atomic E-state index is 9.35. The van der Waals surface area contributed by atoms with Gasteiger partial charge in [-0.3, -0.25) is 0 Å². The number of para-hydroxylation sites is 1. The van der Waals surface area contributed by atoms with Crippen LogP contribution >= 0.6 is 11.3 Å². The molecule has 3 aromatic rings. The Kier molecular flexibility index (Phi) is 4.16. The Hall–Kier alpha value is -2.45. The van der Waals surface area contributed by atoms with Crippen LogP contribution in [0.3, 0.4) is 0 Å². The summed E-state index contributed by atoms with van der Waals surface area (Å²) in [5, 5.41) is 13.9. The van der Waals surface area contributed by atoms with Gasteiger partial charge in [-0.05, 0) is 48.3 Å². The minimum absolute atomic E-state index is 0.326. The minimum Gasteiger partial charge on any atom is -0.338 e. The Balaban J connectivity index is 1.77. The molecule has 0 aliphatic heterocycles. The van der Waals surface area contributed by atoms with Crippen LogP contribution in [0.1, 0.15) is 43.2 Å². The predicted molar refractivity (Wildman–Crippen MR) is 107 cm³/mol. The molecule has 1 atom stereocenters. The van der Waals surface area contributed by atoms with E-state index in [1.807, 2.05) is 24.3 Å². The summed E-state index contributed by atoms with van der Waals surface area (Å²) in [6.45, 7) is 7.00. The van der Waals surface area contributed by atoms with Crippen molar-refractivity contribution in [2.24, 2.45) is 11.3 Å². The fourth-order valence-electron chi connectivity index (χ4n) is 3.76. The van der Waals surface area contributed by atoms with E-state index >= 15 is 0 Å². The van der Waals surface area contributed by atoms with E-state index < -0.39 is 0 Å². The van der Waals surface area contributed by atoms with E-state index in [2.05, 4.69) is 42.1 Å². The molecule has 1 unspecified atom stereocenters. The minimum atomic E-state index is 0.326. The number of thiophene rings is 1. The molecule has 0 saturated carbocycles. The molecule has 0 spiro atoms. The second-order valence-corrected chi connectivity index (χ2v) is 9.08. The van der Waals surface area contributed by atoms with E-state index in [1.54, 1.807) is 17.7 Å². The molecule has 132 valence electrons. The topological polar surface area (TPSA) is 61.6 Å². The van der Waals surface area contributed by atoms with Crippen molar-refractivity contribution in [2.45, 2.75) is 40.0 Å². The summed E-state index contributed by atoms with van der Waals surface area (Å²) in [4.78, 5) is 11.5. The number of nitrogens with one attached hydrogen (secondary N) is 1. The molecule has 1 aromatic carbocycles. The number of anilines is 2. The number of aromatic nitrogens is 2. The van der Waals surface area contributed by atoms with Crippen molar-refractivity contribution < 1.29 is 0 Å². The highest BCUT2D eigenvalue weighted by Crippen LogP contribution is 2.44. The molecule has 1 aliphatic rings. The molecule has 0 bridgehead atoms. The molecule has 0 fully saturated rings. The molecule has 4 nitrogen and oxygen atoms in total. The van der Waals surface area contributed by atoms with Gasteiger partial charge in [0.2, 0.25) is 0 Å². The lowest BCUT2D eigenvalue weighted by Crippen LogP contribution is -2.26. The third-order valence-corrected chi connectivity index (χ3v) is 6.53. The van der Waals surface area contributed by atoms with Gasteiger partial charge in [-0.1, -0.05) is 32.9 Å². The summed E-state index contributed by atoms with van der Waals surface area (Å²) < 4.78 is 0. The van der Waals surface area contributed by atoms with Crippen molar-refractivity contribution in [1.82, 2.24) is 9.97 Å². The first-order chi connectivity index (χ1) is 12.5. The zero-order chi connectivity index (χ0) is 18.3. The highest BCUT2D eigenvalue weighted by Gasteiger charge is 2.31. The smallest absolute Gasteiger partial charge is 0.142 e. The van der Waals surface area contributed by atoms with Gasteiger partial charge >= 0.3 is 0 Å². The van der Waals surface area contributed by atoms with Crippen LogP contribution in [0.2, 0.25) is 0 Å². The number of aryl methyl sites for hydroxylation is 1. The molecule has 0 amide bonds. The number of benzene rings is 1. The summed E-state index contributed by atoms with van der Waals surface area (Å²) in [6.07, 6.45) is 5.00. The Bertz CT molecular complexity index is 1010. The number of hydrogen-bond donors (Lipinski definition) is 1. The lowest BCUT2D eigenvalue weighted by Gasteiger charge is -2.33. The van der Waals surface area contributed by atoms with Crippen LogP contribution in [0.5, 0.6) is 0 Å². The molecule has 1 N–H and O–H groups in total. The predicted octanol–water partition coefficient (Wildman–Crippen LogP) is 5.46.